The first-order valence-electron chi connectivity index (χ1n) is 5.63. The number of alkyl halides is 1. The van der Waals surface area contributed by atoms with Crippen LogP contribution in [0.2, 0.25) is 0 Å². The summed E-state index contributed by atoms with van der Waals surface area (Å²) in [6.45, 7) is 1.37. The summed E-state index contributed by atoms with van der Waals surface area (Å²) in [7, 11) is 0. The minimum absolute atomic E-state index is 0.132. The lowest BCUT2D eigenvalue weighted by Crippen LogP contribution is -2.41. The Balaban J connectivity index is 2.02. The predicted octanol–water partition coefficient (Wildman–Crippen LogP) is 0.553. The number of hydrogen-bond donors (Lipinski definition) is 1. The molecule has 1 aromatic heterocycles. The van der Waals surface area contributed by atoms with E-state index >= 15 is 0 Å². The van der Waals surface area contributed by atoms with Crippen LogP contribution in [0.5, 0.6) is 0 Å². The first kappa shape index (κ1) is 12.2. The van der Waals surface area contributed by atoms with Crippen LogP contribution in [0.3, 0.4) is 0 Å². The van der Waals surface area contributed by atoms with E-state index < -0.39 is 0 Å². The molecule has 0 bridgehead atoms. The van der Waals surface area contributed by atoms with Crippen molar-refractivity contribution in [1.82, 2.24) is 10.2 Å². The van der Waals surface area contributed by atoms with E-state index in [1.165, 1.54) is 0 Å². The molecule has 0 aromatic carbocycles. The summed E-state index contributed by atoms with van der Waals surface area (Å²) >= 11 is 5.59. The lowest BCUT2D eigenvalue weighted by atomic mass is 9.98. The monoisotopic (exact) mass is 258 g/mol. The van der Waals surface area contributed by atoms with E-state index in [1.807, 2.05) is 4.90 Å². The fraction of sp³-hybridized carbons (Fsp3) is 0.700. The number of hydrogen-bond acceptors (Lipinski definition) is 5. The van der Waals surface area contributed by atoms with Crippen LogP contribution in [0.25, 0.3) is 0 Å². The van der Waals surface area contributed by atoms with E-state index in [0.29, 0.717) is 30.8 Å². The molecular formula is C10H15ClN4O2. The average molecular weight is 259 g/mol. The Hall–Kier alpha value is -1.30. The topological polar surface area (TPSA) is 85.3 Å². The second kappa shape index (κ2) is 5.35. The molecule has 6 nitrogen and oxygen atoms in total. The molecule has 1 unspecified atom stereocenters. The van der Waals surface area contributed by atoms with Crippen molar-refractivity contribution < 1.29 is 9.21 Å². The molecule has 17 heavy (non-hydrogen) atoms. The maximum absolute atomic E-state index is 11.2. The van der Waals surface area contributed by atoms with Crippen LogP contribution in [-0.2, 0) is 11.2 Å². The molecule has 7 heteroatoms. The smallest absolute Gasteiger partial charge is 0.318 e. The fourth-order valence-electron chi connectivity index (χ4n) is 1.94. The normalized spacial score (nSPS) is 20.5. The van der Waals surface area contributed by atoms with E-state index in [0.717, 1.165) is 19.4 Å². The summed E-state index contributed by atoms with van der Waals surface area (Å²) in [6, 6.07) is 0.455. The number of anilines is 1. The third-order valence-corrected chi connectivity index (χ3v) is 3.05. The Morgan fingerprint density at radius 3 is 3.12 bits per heavy atom. The zero-order chi connectivity index (χ0) is 12.3. The molecule has 0 spiro atoms. The maximum Gasteiger partial charge on any atom is 0.318 e. The van der Waals surface area contributed by atoms with Gasteiger partial charge in [0.05, 0.1) is 5.92 Å². The number of rotatable bonds is 4. The first-order valence-corrected chi connectivity index (χ1v) is 6.16. The van der Waals surface area contributed by atoms with E-state index in [1.54, 1.807) is 0 Å². The second-order valence-corrected chi connectivity index (χ2v) is 4.48. The summed E-state index contributed by atoms with van der Waals surface area (Å²) < 4.78 is 5.46. The number of amides is 1. The van der Waals surface area contributed by atoms with E-state index in [9.17, 15) is 4.79 Å². The number of nitrogens with zero attached hydrogens (tertiary/aromatic N) is 3. The van der Waals surface area contributed by atoms with Gasteiger partial charge >= 0.3 is 6.01 Å². The van der Waals surface area contributed by atoms with Gasteiger partial charge in [-0.2, -0.15) is 0 Å². The SMILES string of the molecule is NC(=O)C1CCCN(c2nnc(CCCl)o2)C1. The molecular weight excluding hydrogens is 244 g/mol. The average Bonchev–Trinajstić information content (AvgIpc) is 2.78. The molecule has 0 saturated carbocycles. The summed E-state index contributed by atoms with van der Waals surface area (Å²) in [5, 5.41) is 7.84. The van der Waals surface area contributed by atoms with Gasteiger partial charge in [-0.15, -0.1) is 16.7 Å². The van der Waals surface area contributed by atoms with Crippen molar-refractivity contribution >= 4 is 23.5 Å². The highest BCUT2D eigenvalue weighted by atomic mass is 35.5. The van der Waals surface area contributed by atoms with E-state index in [-0.39, 0.29) is 11.8 Å². The minimum Gasteiger partial charge on any atom is -0.408 e. The number of nitrogens with two attached hydrogens (primary N) is 1. The van der Waals surface area contributed by atoms with Crippen LogP contribution in [0, 0.1) is 5.92 Å². The molecule has 1 aromatic rings. The Morgan fingerprint density at radius 1 is 1.59 bits per heavy atom. The zero-order valence-corrected chi connectivity index (χ0v) is 10.2. The van der Waals surface area contributed by atoms with Gasteiger partial charge in [0, 0.05) is 25.4 Å². The highest BCUT2D eigenvalue weighted by Crippen LogP contribution is 2.22. The second-order valence-electron chi connectivity index (χ2n) is 4.10. The van der Waals surface area contributed by atoms with Crippen LogP contribution in [0.1, 0.15) is 18.7 Å². The zero-order valence-electron chi connectivity index (χ0n) is 9.43. The number of primary amides is 1. The molecule has 2 heterocycles. The van der Waals surface area contributed by atoms with Gasteiger partial charge in [-0.05, 0) is 12.8 Å². The Morgan fingerprint density at radius 2 is 2.41 bits per heavy atom. The third kappa shape index (κ3) is 2.88. The van der Waals surface area contributed by atoms with Crippen LogP contribution in [0.15, 0.2) is 4.42 Å². The molecule has 1 fully saturated rings. The summed E-state index contributed by atoms with van der Waals surface area (Å²) in [5.41, 5.74) is 5.31. The number of halogens is 1. The van der Waals surface area contributed by atoms with Gasteiger partial charge in [-0.25, -0.2) is 0 Å². The van der Waals surface area contributed by atoms with E-state index in [2.05, 4.69) is 10.2 Å². The standard InChI is InChI=1S/C10H15ClN4O2/c11-4-3-8-13-14-10(17-8)15-5-1-2-7(6-15)9(12)16/h7H,1-6H2,(H2,12,16). The summed E-state index contributed by atoms with van der Waals surface area (Å²) in [5.74, 6) is 0.574. The number of carbonyl (C=O) groups excluding carboxylic acids is 1. The molecule has 1 aliphatic heterocycles. The fourth-order valence-corrected chi connectivity index (χ4v) is 2.10. The Labute approximate surface area is 104 Å². The molecule has 1 atom stereocenters. The van der Waals surface area contributed by atoms with Gasteiger partial charge < -0.3 is 15.1 Å². The molecule has 2 N–H and O–H groups in total. The van der Waals surface area contributed by atoms with Gasteiger partial charge in [0.25, 0.3) is 0 Å². The predicted molar refractivity (Wildman–Crippen MR) is 62.9 cm³/mol. The molecule has 1 aliphatic rings. The van der Waals surface area contributed by atoms with Crippen molar-refractivity contribution in [2.45, 2.75) is 19.3 Å². The van der Waals surface area contributed by atoms with Crippen molar-refractivity contribution in [3.63, 3.8) is 0 Å². The summed E-state index contributed by atoms with van der Waals surface area (Å²) in [4.78, 5) is 13.1. The van der Waals surface area contributed by atoms with Crippen LogP contribution in [0.4, 0.5) is 6.01 Å². The van der Waals surface area contributed by atoms with Crippen molar-refractivity contribution in [2.24, 2.45) is 11.7 Å². The van der Waals surface area contributed by atoms with Gasteiger partial charge in [-0.1, -0.05) is 5.10 Å². The Kier molecular flexibility index (Phi) is 3.83. The molecule has 0 aliphatic carbocycles. The minimum atomic E-state index is -0.268. The molecule has 2 rings (SSSR count). The highest BCUT2D eigenvalue weighted by Gasteiger charge is 2.26. The molecule has 0 radical (unpaired) electrons. The van der Waals surface area contributed by atoms with Crippen molar-refractivity contribution in [1.29, 1.82) is 0 Å². The lowest BCUT2D eigenvalue weighted by molar-refractivity contribution is -0.122. The number of carbonyl (C=O) groups is 1. The van der Waals surface area contributed by atoms with Gasteiger partial charge in [0.15, 0.2) is 0 Å². The number of aryl methyl sites for hydroxylation is 1. The molecule has 1 saturated heterocycles. The van der Waals surface area contributed by atoms with E-state index in [4.69, 9.17) is 21.8 Å². The quantitative estimate of drug-likeness (QED) is 0.798. The van der Waals surface area contributed by atoms with Crippen molar-refractivity contribution in [2.75, 3.05) is 23.9 Å². The number of aromatic nitrogens is 2. The van der Waals surface area contributed by atoms with Gasteiger partial charge in [-0.3, -0.25) is 4.79 Å². The van der Waals surface area contributed by atoms with Crippen LogP contribution in [-0.4, -0.2) is 35.1 Å². The highest BCUT2D eigenvalue weighted by molar-refractivity contribution is 6.17. The maximum atomic E-state index is 11.2. The van der Waals surface area contributed by atoms with Crippen LogP contribution >= 0.6 is 11.6 Å². The van der Waals surface area contributed by atoms with Gasteiger partial charge in [0.2, 0.25) is 11.8 Å². The number of piperidine rings is 1. The largest absolute Gasteiger partial charge is 0.408 e. The third-order valence-electron chi connectivity index (χ3n) is 2.86. The van der Waals surface area contributed by atoms with Crippen LogP contribution < -0.4 is 10.6 Å². The summed E-state index contributed by atoms with van der Waals surface area (Å²) in [6.07, 6.45) is 2.29. The first-order chi connectivity index (χ1) is 8.20. The molecule has 94 valence electrons. The Bertz CT molecular complexity index is 395. The lowest BCUT2D eigenvalue weighted by Gasteiger charge is -2.29. The molecule has 1 amide bonds. The van der Waals surface area contributed by atoms with Crippen molar-refractivity contribution in [3.8, 4) is 0 Å². The van der Waals surface area contributed by atoms with Gasteiger partial charge in [0.1, 0.15) is 0 Å². The van der Waals surface area contributed by atoms with Crippen molar-refractivity contribution in [3.05, 3.63) is 5.89 Å².